The van der Waals surface area contributed by atoms with Crippen molar-refractivity contribution in [1.29, 1.82) is 0 Å². The van der Waals surface area contributed by atoms with E-state index in [2.05, 4.69) is 27.8 Å². The van der Waals surface area contributed by atoms with Gasteiger partial charge in [0.25, 0.3) is 5.91 Å². The molecular formula is C18H18BrNO3. The van der Waals surface area contributed by atoms with Crippen LogP contribution in [0.2, 0.25) is 0 Å². The van der Waals surface area contributed by atoms with Crippen molar-refractivity contribution in [2.45, 2.75) is 6.92 Å². The number of halogens is 1. The van der Waals surface area contributed by atoms with Gasteiger partial charge in [0.15, 0.2) is 6.61 Å². The van der Waals surface area contributed by atoms with Crippen LogP contribution in [0.5, 0.6) is 11.5 Å². The largest absolute Gasteiger partial charge is 0.489 e. The highest BCUT2D eigenvalue weighted by atomic mass is 79.9. The van der Waals surface area contributed by atoms with Crippen molar-refractivity contribution in [2.24, 2.45) is 0 Å². The van der Waals surface area contributed by atoms with Crippen molar-refractivity contribution in [1.82, 2.24) is 0 Å². The van der Waals surface area contributed by atoms with Gasteiger partial charge >= 0.3 is 0 Å². The molecule has 0 heterocycles. The van der Waals surface area contributed by atoms with E-state index >= 15 is 0 Å². The summed E-state index contributed by atoms with van der Waals surface area (Å²) in [4.78, 5) is 12.0. The van der Waals surface area contributed by atoms with Crippen molar-refractivity contribution in [3.8, 4) is 11.5 Å². The molecule has 0 saturated heterocycles. The Morgan fingerprint density at radius 3 is 2.74 bits per heavy atom. The van der Waals surface area contributed by atoms with Gasteiger partial charge < -0.3 is 14.8 Å². The second-order valence-electron chi connectivity index (χ2n) is 4.88. The average molecular weight is 376 g/mol. The lowest BCUT2D eigenvalue weighted by Gasteiger charge is -2.10. The molecule has 0 saturated carbocycles. The Labute approximate surface area is 144 Å². The maximum atomic E-state index is 12.0. The summed E-state index contributed by atoms with van der Waals surface area (Å²) >= 11 is 3.43. The molecule has 1 amide bonds. The van der Waals surface area contributed by atoms with Crippen LogP contribution in [0.1, 0.15) is 5.56 Å². The first-order valence-corrected chi connectivity index (χ1v) is 7.90. The molecule has 2 rings (SSSR count). The minimum Gasteiger partial charge on any atom is -0.489 e. The minimum absolute atomic E-state index is 0.0567. The molecule has 5 heteroatoms. The summed E-state index contributed by atoms with van der Waals surface area (Å²) in [7, 11) is 0. The predicted octanol–water partition coefficient (Wildman–Crippen LogP) is 4.34. The number of rotatable bonds is 7. The minimum atomic E-state index is -0.230. The number of amides is 1. The molecule has 1 N–H and O–H groups in total. The summed E-state index contributed by atoms with van der Waals surface area (Å²) in [5, 5.41) is 2.78. The first kappa shape index (κ1) is 17.1. The van der Waals surface area contributed by atoms with Gasteiger partial charge in [-0.2, -0.15) is 0 Å². The Bertz CT molecular complexity index is 700. The van der Waals surface area contributed by atoms with Crippen molar-refractivity contribution in [2.75, 3.05) is 18.5 Å². The highest BCUT2D eigenvalue weighted by molar-refractivity contribution is 9.10. The van der Waals surface area contributed by atoms with Gasteiger partial charge in [-0.1, -0.05) is 34.7 Å². The van der Waals surface area contributed by atoms with Gasteiger partial charge in [-0.15, -0.1) is 0 Å². The van der Waals surface area contributed by atoms with Crippen molar-refractivity contribution >= 4 is 27.5 Å². The molecule has 0 aliphatic carbocycles. The second kappa shape index (κ2) is 8.39. The molecule has 2 aromatic rings. The van der Waals surface area contributed by atoms with Crippen LogP contribution in [0, 0.1) is 6.92 Å². The number of carbonyl (C=O) groups is 1. The van der Waals surface area contributed by atoms with Gasteiger partial charge in [-0.05, 0) is 42.8 Å². The van der Waals surface area contributed by atoms with E-state index in [9.17, 15) is 4.79 Å². The lowest BCUT2D eigenvalue weighted by atomic mass is 10.2. The number of anilines is 1. The number of benzene rings is 2. The van der Waals surface area contributed by atoms with Crippen molar-refractivity contribution in [3.05, 3.63) is 65.2 Å². The average Bonchev–Trinajstić information content (AvgIpc) is 2.54. The monoisotopic (exact) mass is 375 g/mol. The van der Waals surface area contributed by atoms with E-state index in [0.29, 0.717) is 23.8 Å². The summed E-state index contributed by atoms with van der Waals surface area (Å²) < 4.78 is 11.9. The molecule has 0 bridgehead atoms. The van der Waals surface area contributed by atoms with Gasteiger partial charge in [-0.3, -0.25) is 4.79 Å². The third-order valence-electron chi connectivity index (χ3n) is 2.98. The molecule has 23 heavy (non-hydrogen) atoms. The van der Waals surface area contributed by atoms with E-state index in [1.165, 1.54) is 0 Å². The van der Waals surface area contributed by atoms with E-state index in [1.807, 2.05) is 37.3 Å². The number of carbonyl (C=O) groups excluding carboxylic acids is 1. The summed E-state index contributed by atoms with van der Waals surface area (Å²) in [5.74, 6) is 1.10. The lowest BCUT2D eigenvalue weighted by molar-refractivity contribution is -0.118. The first-order valence-electron chi connectivity index (χ1n) is 7.11. The molecule has 0 spiro atoms. The third-order valence-corrected chi connectivity index (χ3v) is 3.87. The number of nitrogens with one attached hydrogen (secondary N) is 1. The molecule has 0 aromatic heterocycles. The van der Waals surface area contributed by atoms with Gasteiger partial charge in [0, 0.05) is 16.2 Å². The molecule has 0 aliphatic rings. The summed E-state index contributed by atoms with van der Waals surface area (Å²) in [6, 6.07) is 12.8. The molecule has 0 aliphatic heterocycles. The Hall–Kier alpha value is -2.27. The molecule has 0 radical (unpaired) electrons. The Kier molecular flexibility index (Phi) is 6.23. The predicted molar refractivity (Wildman–Crippen MR) is 95.1 cm³/mol. The van der Waals surface area contributed by atoms with E-state index < -0.39 is 0 Å². The van der Waals surface area contributed by atoms with E-state index in [-0.39, 0.29) is 12.5 Å². The highest BCUT2D eigenvalue weighted by Gasteiger charge is 2.05. The molecule has 0 unspecified atom stereocenters. The highest BCUT2D eigenvalue weighted by Crippen LogP contribution is 2.22. The molecule has 0 atom stereocenters. The zero-order valence-electron chi connectivity index (χ0n) is 12.8. The van der Waals surface area contributed by atoms with Crippen LogP contribution >= 0.6 is 15.9 Å². The fourth-order valence-corrected chi connectivity index (χ4v) is 2.12. The van der Waals surface area contributed by atoms with Crippen LogP contribution in [0.3, 0.4) is 0 Å². The van der Waals surface area contributed by atoms with Crippen molar-refractivity contribution < 1.29 is 14.3 Å². The summed E-state index contributed by atoms with van der Waals surface area (Å²) in [6.07, 6.45) is 1.67. The number of hydrogen-bond donors (Lipinski definition) is 1. The van der Waals surface area contributed by atoms with Gasteiger partial charge in [-0.25, -0.2) is 0 Å². The lowest BCUT2D eigenvalue weighted by Crippen LogP contribution is -2.20. The van der Waals surface area contributed by atoms with Crippen LogP contribution < -0.4 is 14.8 Å². The van der Waals surface area contributed by atoms with Gasteiger partial charge in [0.05, 0.1) is 0 Å². The second-order valence-corrected chi connectivity index (χ2v) is 5.73. The van der Waals surface area contributed by atoms with E-state index in [4.69, 9.17) is 9.47 Å². The fourth-order valence-electron chi connectivity index (χ4n) is 1.87. The van der Waals surface area contributed by atoms with Crippen LogP contribution in [0.25, 0.3) is 0 Å². The zero-order valence-corrected chi connectivity index (χ0v) is 14.4. The number of aryl methyl sites for hydroxylation is 1. The number of hydrogen-bond acceptors (Lipinski definition) is 3. The smallest absolute Gasteiger partial charge is 0.262 e. The van der Waals surface area contributed by atoms with E-state index in [1.54, 1.807) is 18.2 Å². The molecule has 120 valence electrons. The quantitative estimate of drug-likeness (QED) is 0.732. The third kappa shape index (κ3) is 5.45. The molecule has 4 nitrogen and oxygen atoms in total. The maximum Gasteiger partial charge on any atom is 0.262 e. The fraction of sp³-hybridized carbons (Fsp3) is 0.167. The topological polar surface area (TPSA) is 47.6 Å². The number of ether oxygens (including phenoxy) is 2. The van der Waals surface area contributed by atoms with Crippen LogP contribution in [0.15, 0.2) is 59.6 Å². The normalized spacial score (nSPS) is 10.0. The first-order chi connectivity index (χ1) is 11.1. The molecule has 0 fully saturated rings. The zero-order chi connectivity index (χ0) is 16.7. The Morgan fingerprint density at radius 2 is 2.00 bits per heavy atom. The Morgan fingerprint density at radius 1 is 1.22 bits per heavy atom. The van der Waals surface area contributed by atoms with Gasteiger partial charge in [0.2, 0.25) is 0 Å². The van der Waals surface area contributed by atoms with Crippen LogP contribution in [-0.4, -0.2) is 19.1 Å². The summed E-state index contributed by atoms with van der Waals surface area (Å²) in [5.41, 5.74) is 1.71. The SMILES string of the molecule is C=CCOc1cccc(NC(=O)COc2ccc(Br)c(C)c2)c1. The van der Waals surface area contributed by atoms with Crippen LogP contribution in [-0.2, 0) is 4.79 Å². The van der Waals surface area contributed by atoms with Crippen molar-refractivity contribution in [3.63, 3.8) is 0 Å². The standard InChI is InChI=1S/C18H18BrNO3/c1-3-9-22-15-6-4-5-14(11-15)20-18(21)12-23-16-7-8-17(19)13(2)10-16/h3-8,10-11H,1,9,12H2,2H3,(H,20,21). The maximum absolute atomic E-state index is 12.0. The Balaban J connectivity index is 1.89. The van der Waals surface area contributed by atoms with Crippen LogP contribution in [0.4, 0.5) is 5.69 Å². The molecule has 2 aromatic carbocycles. The molecular weight excluding hydrogens is 358 g/mol. The summed E-state index contributed by atoms with van der Waals surface area (Å²) in [6.45, 7) is 5.92. The van der Waals surface area contributed by atoms with E-state index in [0.717, 1.165) is 10.0 Å². The van der Waals surface area contributed by atoms with Gasteiger partial charge in [0.1, 0.15) is 18.1 Å².